The SMILES string of the molecule is c1cccc(N(c2ccc(C3(c4ccccc4)c4ccccc4-c4ccccc43)cc2)c2cccc3c4cc(-n5c6ccccc6c6ccccc65)ccc4n(C4=CC=CCC4)c23)c#1. The number of anilines is 3. The fourth-order valence-corrected chi connectivity index (χ4v) is 11.1. The van der Waals surface area contributed by atoms with Crippen LogP contribution in [-0.2, 0) is 5.41 Å². The van der Waals surface area contributed by atoms with E-state index in [0.717, 1.165) is 35.6 Å². The summed E-state index contributed by atoms with van der Waals surface area (Å²) in [5.41, 5.74) is 17.5. The summed E-state index contributed by atoms with van der Waals surface area (Å²) in [5, 5.41) is 4.94. The molecule has 0 bridgehead atoms. The fourth-order valence-electron chi connectivity index (χ4n) is 11.1. The van der Waals surface area contributed by atoms with Gasteiger partial charge in [-0.2, -0.15) is 0 Å². The second kappa shape index (κ2) is 14.4. The Morgan fingerprint density at radius 1 is 0.500 bits per heavy atom. The summed E-state index contributed by atoms with van der Waals surface area (Å²) in [6, 6.07) is 82.5. The van der Waals surface area contributed by atoms with E-state index in [1.807, 2.05) is 6.07 Å². The number of rotatable bonds is 7. The Bertz CT molecular complexity index is 3560. The molecule has 0 amide bonds. The third kappa shape index (κ3) is 5.24. The molecule has 300 valence electrons. The smallest absolute Gasteiger partial charge is 0.0974 e. The van der Waals surface area contributed by atoms with Gasteiger partial charge < -0.3 is 14.0 Å². The van der Waals surface area contributed by atoms with E-state index in [1.165, 1.54) is 82.7 Å². The number of benzene rings is 8. The minimum atomic E-state index is -0.480. The van der Waals surface area contributed by atoms with Crippen LogP contribution in [0.15, 0.2) is 224 Å². The van der Waals surface area contributed by atoms with Crippen molar-refractivity contribution in [3.05, 3.63) is 259 Å². The van der Waals surface area contributed by atoms with E-state index >= 15 is 0 Å². The van der Waals surface area contributed by atoms with Gasteiger partial charge in [-0.25, -0.2) is 0 Å². The monoisotopic (exact) mass is 815 g/mol. The molecule has 0 N–H and O–H groups in total. The Morgan fingerprint density at radius 2 is 1.14 bits per heavy atom. The number of hydrogen-bond acceptors (Lipinski definition) is 1. The van der Waals surface area contributed by atoms with Gasteiger partial charge in [-0.15, -0.1) is 0 Å². The maximum absolute atomic E-state index is 3.52. The number of fused-ring (bicyclic) bond motifs is 9. The lowest BCUT2D eigenvalue weighted by molar-refractivity contribution is 0.768. The minimum absolute atomic E-state index is 0.480. The first-order chi connectivity index (χ1) is 31.8. The van der Waals surface area contributed by atoms with Gasteiger partial charge in [0.2, 0.25) is 0 Å². The molecular weight excluding hydrogens is 775 g/mol. The summed E-state index contributed by atoms with van der Waals surface area (Å²) in [6.07, 6.45) is 8.72. The predicted molar refractivity (Wildman–Crippen MR) is 266 cm³/mol. The summed E-state index contributed by atoms with van der Waals surface area (Å²) < 4.78 is 4.94. The van der Waals surface area contributed by atoms with Crippen LogP contribution in [0, 0.1) is 12.1 Å². The molecule has 0 unspecified atom stereocenters. The van der Waals surface area contributed by atoms with E-state index in [-0.39, 0.29) is 0 Å². The number of allylic oxidation sites excluding steroid dienone is 4. The summed E-state index contributed by atoms with van der Waals surface area (Å²) in [7, 11) is 0. The first-order valence-electron chi connectivity index (χ1n) is 22.2. The highest BCUT2D eigenvalue weighted by atomic mass is 15.2. The highest BCUT2D eigenvalue weighted by molar-refractivity contribution is 6.16. The first-order valence-corrected chi connectivity index (χ1v) is 22.2. The molecule has 2 aliphatic carbocycles. The Hall–Kier alpha value is -8.32. The number of hydrogen-bond donors (Lipinski definition) is 0. The summed E-state index contributed by atoms with van der Waals surface area (Å²) in [5.74, 6) is 0. The molecule has 2 aliphatic rings. The van der Waals surface area contributed by atoms with Gasteiger partial charge in [-0.3, -0.25) is 0 Å². The number of para-hydroxylation sites is 3. The van der Waals surface area contributed by atoms with Crippen LogP contribution in [-0.4, -0.2) is 9.13 Å². The van der Waals surface area contributed by atoms with Crippen molar-refractivity contribution in [3.8, 4) is 16.8 Å². The summed E-state index contributed by atoms with van der Waals surface area (Å²) in [6.45, 7) is 0. The molecule has 13 rings (SSSR count). The molecule has 64 heavy (non-hydrogen) atoms. The van der Waals surface area contributed by atoms with Gasteiger partial charge in [0, 0.05) is 38.6 Å². The van der Waals surface area contributed by atoms with E-state index in [0.29, 0.717) is 0 Å². The zero-order valence-electron chi connectivity index (χ0n) is 35.1. The van der Waals surface area contributed by atoms with Gasteiger partial charge >= 0.3 is 0 Å². The number of nitrogens with zero attached hydrogens (tertiary/aromatic N) is 3. The molecule has 9 aromatic carbocycles. The zero-order chi connectivity index (χ0) is 42.2. The Labute approximate surface area is 372 Å². The van der Waals surface area contributed by atoms with Crippen molar-refractivity contribution in [2.75, 3.05) is 4.90 Å². The second-order valence-electron chi connectivity index (χ2n) is 17.0. The summed E-state index contributed by atoms with van der Waals surface area (Å²) >= 11 is 0. The lowest BCUT2D eigenvalue weighted by Gasteiger charge is -2.34. The van der Waals surface area contributed by atoms with Crippen LogP contribution in [0.3, 0.4) is 0 Å². The molecule has 0 fully saturated rings. The van der Waals surface area contributed by atoms with E-state index in [2.05, 4.69) is 245 Å². The van der Waals surface area contributed by atoms with Crippen molar-refractivity contribution in [1.29, 1.82) is 0 Å². The zero-order valence-corrected chi connectivity index (χ0v) is 35.1. The maximum atomic E-state index is 3.52. The van der Waals surface area contributed by atoms with E-state index in [9.17, 15) is 0 Å². The van der Waals surface area contributed by atoms with E-state index in [1.54, 1.807) is 0 Å². The number of aromatic nitrogens is 2. The molecule has 3 heteroatoms. The standard InChI is InChI=1S/C61H41N3/c1-4-19-42(20-5-1)61(54-30-14-10-25-48(54)49-26-11-15-31-55(49)61)43-35-37-46(38-36-43)62(44-21-6-2-7-22-44)59-34-18-29-52-53-41-47(39-40-58(53)64(60(52)59)45-23-8-3-9-24-45)63-56-32-16-12-27-50(56)51-28-13-17-33-57(51)63/h1-6,8,10-21,23,25-41H,9,24H2. The molecule has 0 saturated carbocycles. The fraction of sp³-hybridized carbons (Fsp3) is 0.0492. The second-order valence-corrected chi connectivity index (χ2v) is 17.0. The molecule has 2 aromatic heterocycles. The predicted octanol–water partition coefficient (Wildman–Crippen LogP) is 15.5. The largest absolute Gasteiger partial charge is 0.311 e. The summed E-state index contributed by atoms with van der Waals surface area (Å²) in [4.78, 5) is 2.37. The van der Waals surface area contributed by atoms with Gasteiger partial charge in [0.15, 0.2) is 0 Å². The molecule has 0 aliphatic heterocycles. The van der Waals surface area contributed by atoms with Crippen molar-refractivity contribution in [2.45, 2.75) is 18.3 Å². The van der Waals surface area contributed by atoms with Crippen molar-refractivity contribution >= 4 is 66.4 Å². The van der Waals surface area contributed by atoms with E-state index < -0.39 is 5.41 Å². The molecule has 0 spiro atoms. The average Bonchev–Trinajstić information content (AvgIpc) is 4.00. The molecule has 11 aromatic rings. The van der Waals surface area contributed by atoms with Crippen molar-refractivity contribution < 1.29 is 0 Å². The third-order valence-electron chi connectivity index (χ3n) is 13.7. The van der Waals surface area contributed by atoms with Crippen LogP contribution >= 0.6 is 0 Å². The third-order valence-corrected chi connectivity index (χ3v) is 13.7. The first kappa shape index (κ1) is 36.3. The quantitative estimate of drug-likeness (QED) is 0.156. The van der Waals surface area contributed by atoms with Crippen LogP contribution in [0.2, 0.25) is 0 Å². The van der Waals surface area contributed by atoms with Gasteiger partial charge in [-0.1, -0.05) is 164 Å². The van der Waals surface area contributed by atoms with Crippen LogP contribution in [0.4, 0.5) is 17.1 Å². The van der Waals surface area contributed by atoms with Gasteiger partial charge in [-0.05, 0) is 119 Å². The van der Waals surface area contributed by atoms with E-state index in [4.69, 9.17) is 0 Å². The average molecular weight is 816 g/mol. The Balaban J connectivity index is 1.04. The lowest BCUT2D eigenvalue weighted by Crippen LogP contribution is -2.28. The van der Waals surface area contributed by atoms with Crippen LogP contribution < -0.4 is 4.90 Å². The molecule has 0 radical (unpaired) electrons. The highest BCUT2D eigenvalue weighted by Crippen LogP contribution is 2.56. The van der Waals surface area contributed by atoms with Gasteiger partial charge in [0.1, 0.15) is 0 Å². The molecule has 0 saturated heterocycles. The van der Waals surface area contributed by atoms with Crippen molar-refractivity contribution in [1.82, 2.24) is 9.13 Å². The van der Waals surface area contributed by atoms with Crippen molar-refractivity contribution in [2.24, 2.45) is 0 Å². The maximum Gasteiger partial charge on any atom is 0.0974 e. The normalized spacial score (nSPS) is 13.8. The van der Waals surface area contributed by atoms with Crippen LogP contribution in [0.1, 0.15) is 35.1 Å². The topological polar surface area (TPSA) is 13.1 Å². The van der Waals surface area contributed by atoms with Crippen molar-refractivity contribution in [3.63, 3.8) is 0 Å². The molecule has 3 nitrogen and oxygen atoms in total. The van der Waals surface area contributed by atoms with Crippen LogP contribution in [0.5, 0.6) is 0 Å². The molecule has 0 atom stereocenters. The Morgan fingerprint density at radius 3 is 1.83 bits per heavy atom. The minimum Gasteiger partial charge on any atom is -0.311 e. The van der Waals surface area contributed by atoms with Gasteiger partial charge in [0.05, 0.1) is 38.9 Å². The lowest BCUT2D eigenvalue weighted by atomic mass is 9.68. The Kier molecular flexibility index (Phi) is 8.17. The molecular formula is C61H41N3. The highest BCUT2D eigenvalue weighted by Gasteiger charge is 2.45. The van der Waals surface area contributed by atoms with Gasteiger partial charge in [0.25, 0.3) is 0 Å². The van der Waals surface area contributed by atoms with Crippen LogP contribution in [0.25, 0.3) is 66.1 Å². The molecule has 2 heterocycles.